The fourth-order valence-electron chi connectivity index (χ4n) is 1.54. The summed E-state index contributed by atoms with van der Waals surface area (Å²) in [5, 5.41) is 6.21. The molecule has 18 heavy (non-hydrogen) atoms. The molecular weight excluding hydrogens is 278 g/mol. The first-order valence-corrected chi connectivity index (χ1v) is 7.85. The number of amides is 1. The minimum absolute atomic E-state index is 0.152. The summed E-state index contributed by atoms with van der Waals surface area (Å²) >= 11 is 0. The molecule has 0 radical (unpaired) electrons. The number of hydrogen-bond acceptors (Lipinski definition) is 4. The van der Waals surface area contributed by atoms with E-state index in [9.17, 15) is 13.2 Å². The second kappa shape index (κ2) is 5.71. The molecule has 0 aliphatic rings. The maximum atomic E-state index is 12.1. The quantitative estimate of drug-likeness (QED) is 0.834. The second-order valence-electron chi connectivity index (χ2n) is 4.04. The van der Waals surface area contributed by atoms with E-state index in [4.69, 9.17) is 10.7 Å². The predicted octanol–water partition coefficient (Wildman–Crippen LogP) is 1.52. The molecule has 0 aromatic carbocycles. The van der Waals surface area contributed by atoms with Gasteiger partial charge in [0.05, 0.1) is 5.69 Å². The van der Waals surface area contributed by atoms with Crippen LogP contribution in [0.25, 0.3) is 0 Å². The molecule has 1 N–H and O–H groups in total. The Morgan fingerprint density at radius 3 is 2.61 bits per heavy atom. The number of unbranched alkanes of at least 4 members (excludes halogenated alkanes) is 1. The van der Waals surface area contributed by atoms with E-state index in [1.807, 2.05) is 6.92 Å². The summed E-state index contributed by atoms with van der Waals surface area (Å²) in [5.41, 5.74) is 0.110. The molecule has 1 rings (SSSR count). The summed E-state index contributed by atoms with van der Waals surface area (Å²) < 4.78 is 22.8. The number of halogens is 1. The lowest BCUT2D eigenvalue weighted by Gasteiger charge is -2.15. The molecule has 0 aliphatic heterocycles. The monoisotopic (exact) mass is 293 g/mol. The topological polar surface area (TPSA) is 83.1 Å². The number of aromatic amines is 1. The van der Waals surface area contributed by atoms with Gasteiger partial charge in [0.25, 0.3) is 15.0 Å². The van der Waals surface area contributed by atoms with Crippen LogP contribution in [0.4, 0.5) is 0 Å². The standard InChI is InChI=1S/C10H16ClN3O3S/c1-4-5-6-14(3)10(15)8-9(18(11,16)17)7(2)12-13-8/h4-6H2,1-3H3,(H,12,13). The van der Waals surface area contributed by atoms with Crippen molar-refractivity contribution >= 4 is 25.6 Å². The number of nitrogens with one attached hydrogen (secondary N) is 1. The lowest BCUT2D eigenvalue weighted by Crippen LogP contribution is -2.29. The number of aryl methyl sites for hydroxylation is 1. The highest BCUT2D eigenvalue weighted by Gasteiger charge is 2.28. The Morgan fingerprint density at radius 1 is 1.50 bits per heavy atom. The van der Waals surface area contributed by atoms with Crippen molar-refractivity contribution in [1.29, 1.82) is 0 Å². The molecule has 1 aromatic rings. The molecule has 8 heteroatoms. The summed E-state index contributed by atoms with van der Waals surface area (Å²) in [4.78, 5) is 13.2. The van der Waals surface area contributed by atoms with E-state index in [-0.39, 0.29) is 16.3 Å². The van der Waals surface area contributed by atoms with Gasteiger partial charge in [0.1, 0.15) is 4.90 Å². The van der Waals surface area contributed by atoms with Crippen LogP contribution < -0.4 is 0 Å². The molecule has 0 bridgehead atoms. The van der Waals surface area contributed by atoms with Crippen LogP contribution in [-0.4, -0.2) is 43.0 Å². The van der Waals surface area contributed by atoms with E-state index >= 15 is 0 Å². The van der Waals surface area contributed by atoms with Crippen molar-refractivity contribution in [2.45, 2.75) is 31.6 Å². The highest BCUT2D eigenvalue weighted by Crippen LogP contribution is 2.22. The summed E-state index contributed by atoms with van der Waals surface area (Å²) in [6, 6.07) is 0. The lowest BCUT2D eigenvalue weighted by atomic mass is 10.3. The van der Waals surface area contributed by atoms with Crippen LogP contribution in [-0.2, 0) is 9.05 Å². The molecule has 1 aromatic heterocycles. The molecule has 0 spiro atoms. The van der Waals surface area contributed by atoms with Crippen LogP contribution >= 0.6 is 10.7 Å². The van der Waals surface area contributed by atoms with Gasteiger partial charge in [0.15, 0.2) is 5.69 Å². The largest absolute Gasteiger partial charge is 0.340 e. The summed E-state index contributed by atoms with van der Waals surface area (Å²) in [6.45, 7) is 4.06. The molecule has 0 saturated carbocycles. The first kappa shape index (κ1) is 15.0. The summed E-state index contributed by atoms with van der Waals surface area (Å²) in [7, 11) is 2.92. The highest BCUT2D eigenvalue weighted by atomic mass is 35.7. The first-order chi connectivity index (χ1) is 8.29. The van der Waals surface area contributed by atoms with Crippen molar-refractivity contribution in [3.05, 3.63) is 11.4 Å². The van der Waals surface area contributed by atoms with Crippen LogP contribution in [0, 0.1) is 6.92 Å². The minimum atomic E-state index is -3.99. The molecule has 102 valence electrons. The molecule has 6 nitrogen and oxygen atoms in total. The fourth-order valence-corrected chi connectivity index (χ4v) is 2.88. The van der Waals surface area contributed by atoms with Gasteiger partial charge in [-0.15, -0.1) is 0 Å². The zero-order valence-corrected chi connectivity index (χ0v) is 12.1. The average molecular weight is 294 g/mol. The second-order valence-corrected chi connectivity index (χ2v) is 6.55. The predicted molar refractivity (Wildman–Crippen MR) is 68.2 cm³/mol. The Labute approximate surface area is 111 Å². The van der Waals surface area contributed by atoms with Crippen LogP contribution in [0.15, 0.2) is 4.90 Å². The van der Waals surface area contributed by atoms with E-state index < -0.39 is 15.0 Å². The highest BCUT2D eigenvalue weighted by molar-refractivity contribution is 8.13. The van der Waals surface area contributed by atoms with Gasteiger partial charge in [-0.05, 0) is 13.3 Å². The van der Waals surface area contributed by atoms with E-state index in [1.165, 1.54) is 11.8 Å². The Bertz CT molecular complexity index is 539. The Hall–Kier alpha value is -1.08. The summed E-state index contributed by atoms with van der Waals surface area (Å²) in [5.74, 6) is -0.452. The van der Waals surface area contributed by atoms with Gasteiger partial charge < -0.3 is 4.90 Å². The van der Waals surface area contributed by atoms with Gasteiger partial charge in [-0.2, -0.15) is 5.10 Å². The number of H-pyrrole nitrogens is 1. The van der Waals surface area contributed by atoms with Gasteiger partial charge in [0, 0.05) is 24.3 Å². The van der Waals surface area contributed by atoms with Gasteiger partial charge in [-0.25, -0.2) is 8.42 Å². The maximum absolute atomic E-state index is 12.1. The van der Waals surface area contributed by atoms with E-state index in [1.54, 1.807) is 7.05 Å². The molecule has 0 saturated heterocycles. The number of nitrogens with zero attached hydrogens (tertiary/aromatic N) is 2. The van der Waals surface area contributed by atoms with Crippen molar-refractivity contribution < 1.29 is 13.2 Å². The molecule has 0 aliphatic carbocycles. The third kappa shape index (κ3) is 3.23. The summed E-state index contributed by atoms with van der Waals surface area (Å²) in [6.07, 6.45) is 1.78. The number of carbonyl (C=O) groups is 1. The smallest absolute Gasteiger partial charge is 0.275 e. The minimum Gasteiger partial charge on any atom is -0.340 e. The molecule has 1 heterocycles. The first-order valence-electron chi connectivity index (χ1n) is 5.54. The van der Waals surface area contributed by atoms with Crippen LogP contribution in [0.3, 0.4) is 0 Å². The fraction of sp³-hybridized carbons (Fsp3) is 0.600. The normalized spacial score (nSPS) is 11.6. The van der Waals surface area contributed by atoms with Crippen molar-refractivity contribution in [1.82, 2.24) is 15.1 Å². The van der Waals surface area contributed by atoms with E-state index in [0.717, 1.165) is 12.8 Å². The number of aromatic nitrogens is 2. The Morgan fingerprint density at radius 2 is 2.11 bits per heavy atom. The van der Waals surface area contributed by atoms with E-state index in [0.29, 0.717) is 6.54 Å². The maximum Gasteiger partial charge on any atom is 0.275 e. The third-order valence-electron chi connectivity index (χ3n) is 2.53. The molecule has 1 amide bonds. The SMILES string of the molecule is CCCCN(C)C(=O)c1n[nH]c(C)c1S(=O)(=O)Cl. The molecule has 0 unspecified atom stereocenters. The van der Waals surface area contributed by atoms with Crippen molar-refractivity contribution in [2.75, 3.05) is 13.6 Å². The van der Waals surface area contributed by atoms with Gasteiger partial charge >= 0.3 is 0 Å². The van der Waals surface area contributed by atoms with E-state index in [2.05, 4.69) is 10.2 Å². The van der Waals surface area contributed by atoms with Gasteiger partial charge in [0.2, 0.25) is 0 Å². The lowest BCUT2D eigenvalue weighted by molar-refractivity contribution is 0.0783. The van der Waals surface area contributed by atoms with Crippen molar-refractivity contribution in [3.8, 4) is 0 Å². The number of rotatable bonds is 5. The Kier molecular flexibility index (Phi) is 4.75. The Balaban J connectivity index is 3.08. The third-order valence-corrected chi connectivity index (χ3v) is 3.98. The van der Waals surface area contributed by atoms with Crippen molar-refractivity contribution in [3.63, 3.8) is 0 Å². The number of hydrogen-bond donors (Lipinski definition) is 1. The molecule has 0 fully saturated rings. The van der Waals surface area contributed by atoms with Crippen LogP contribution in [0.1, 0.15) is 35.9 Å². The molecular formula is C10H16ClN3O3S. The van der Waals surface area contributed by atoms with Gasteiger partial charge in [-0.3, -0.25) is 9.89 Å². The average Bonchev–Trinajstić information content (AvgIpc) is 2.66. The zero-order chi connectivity index (χ0) is 13.9. The van der Waals surface area contributed by atoms with Crippen LogP contribution in [0.5, 0.6) is 0 Å². The van der Waals surface area contributed by atoms with Crippen molar-refractivity contribution in [2.24, 2.45) is 0 Å². The number of carbonyl (C=O) groups excluding carboxylic acids is 1. The van der Waals surface area contributed by atoms with Gasteiger partial charge in [-0.1, -0.05) is 13.3 Å². The zero-order valence-electron chi connectivity index (χ0n) is 10.5. The molecule has 0 atom stereocenters. The van der Waals surface area contributed by atoms with Crippen LogP contribution in [0.2, 0.25) is 0 Å².